The van der Waals surface area contributed by atoms with Crippen LogP contribution in [0.2, 0.25) is 0 Å². The Morgan fingerprint density at radius 1 is 0.516 bits per heavy atom. The summed E-state index contributed by atoms with van der Waals surface area (Å²) in [6.07, 6.45) is -15.7. The Morgan fingerprint density at radius 3 is 1.06 bits per heavy atom. The van der Waals surface area contributed by atoms with E-state index in [4.69, 9.17) is 0 Å². The van der Waals surface area contributed by atoms with Crippen molar-refractivity contribution in [3.8, 4) is 0 Å². The molecule has 1 atom stereocenters. The molecule has 0 saturated carbocycles. The lowest BCUT2D eigenvalue weighted by atomic mass is 9.90. The minimum Gasteiger partial charge on any atom is -0.409 e. The third-order valence-corrected chi connectivity index (χ3v) is 3.16. The van der Waals surface area contributed by atoms with E-state index in [1.807, 2.05) is 4.74 Å². The van der Waals surface area contributed by atoms with Gasteiger partial charge in [-0.3, -0.25) is 0 Å². The highest BCUT2D eigenvalue weighted by molar-refractivity contribution is 5.85. The Morgan fingerprint density at radius 2 is 0.806 bits per heavy atom. The zero-order valence-corrected chi connectivity index (χ0v) is 13.3. The summed E-state index contributed by atoms with van der Waals surface area (Å²) in [6.45, 7) is 1.71. The number of hydrogen-bond donors (Lipinski definition) is 0. The maximum Gasteiger partial charge on any atom is 0.467 e. The first-order chi connectivity index (χ1) is 13.1. The summed E-state index contributed by atoms with van der Waals surface area (Å²) in [5.74, 6) is -57.6. The number of carbonyl (C=O) groups is 1. The van der Waals surface area contributed by atoms with Gasteiger partial charge in [-0.05, 0) is 0 Å². The van der Waals surface area contributed by atoms with Gasteiger partial charge in [-0.1, -0.05) is 6.58 Å². The topological polar surface area (TPSA) is 26.3 Å². The van der Waals surface area contributed by atoms with Crippen molar-refractivity contribution in [2.45, 2.75) is 47.8 Å². The zero-order valence-electron chi connectivity index (χ0n) is 13.3. The molecule has 0 bridgehead atoms. The minimum absolute atomic E-state index is 1.71. The van der Waals surface area contributed by atoms with Gasteiger partial charge in [-0.25, -0.2) is 4.79 Å². The standard InChI is InChI=1S/C11H2F18O2/c1-2(12)3(30)31-9(23,11(27,28)29)7(19,20)5(15,16)4(13,14)6(17,18)8(21,22)10(24,25)26/h1H2. The van der Waals surface area contributed by atoms with Crippen LogP contribution in [0, 0.1) is 0 Å². The van der Waals surface area contributed by atoms with E-state index < -0.39 is 59.6 Å². The molecule has 0 aromatic carbocycles. The molecule has 1 unspecified atom stereocenters. The average molecular weight is 508 g/mol. The van der Waals surface area contributed by atoms with Crippen molar-refractivity contribution < 1.29 is 88.6 Å². The average Bonchev–Trinajstić information content (AvgIpc) is 2.51. The van der Waals surface area contributed by atoms with Crippen molar-refractivity contribution in [2.75, 3.05) is 0 Å². The summed E-state index contributed by atoms with van der Waals surface area (Å²) in [4.78, 5) is 10.5. The Bertz CT molecular complexity index is 715. The van der Waals surface area contributed by atoms with Crippen LogP contribution < -0.4 is 0 Å². The highest BCUT2D eigenvalue weighted by Gasteiger charge is 2.96. The van der Waals surface area contributed by atoms with Gasteiger partial charge in [-0.2, -0.15) is 79.0 Å². The minimum atomic E-state index is -8.82. The van der Waals surface area contributed by atoms with Crippen LogP contribution in [-0.2, 0) is 9.53 Å². The Labute approximate surface area is 156 Å². The van der Waals surface area contributed by atoms with Gasteiger partial charge in [0.25, 0.3) is 0 Å². The van der Waals surface area contributed by atoms with Gasteiger partial charge >= 0.3 is 53.8 Å². The molecule has 0 aromatic heterocycles. The first kappa shape index (κ1) is 28.9. The summed E-state index contributed by atoms with van der Waals surface area (Å²) in [5, 5.41) is 0. The van der Waals surface area contributed by atoms with Crippen LogP contribution in [0.4, 0.5) is 79.0 Å². The molecule has 0 spiro atoms. The molecule has 0 aliphatic carbocycles. The fourth-order valence-corrected chi connectivity index (χ4v) is 1.45. The number of ether oxygens (including phenoxy) is 1. The normalized spacial score (nSPS) is 17.2. The Hall–Kier alpha value is -2.05. The number of alkyl halides is 17. The molecule has 0 radical (unpaired) electrons. The summed E-state index contributed by atoms with van der Waals surface area (Å²) < 4.78 is 232. The van der Waals surface area contributed by atoms with E-state index in [0.29, 0.717) is 0 Å². The molecule has 184 valence electrons. The number of esters is 1. The molecule has 0 aliphatic heterocycles. The van der Waals surface area contributed by atoms with E-state index in [2.05, 4.69) is 0 Å². The van der Waals surface area contributed by atoms with Gasteiger partial charge in [0.05, 0.1) is 0 Å². The van der Waals surface area contributed by atoms with Crippen molar-refractivity contribution in [3.05, 3.63) is 12.4 Å². The maximum atomic E-state index is 13.6. The molecule has 0 N–H and O–H groups in total. The lowest BCUT2D eigenvalue weighted by Gasteiger charge is -2.43. The molecular weight excluding hydrogens is 506 g/mol. The van der Waals surface area contributed by atoms with Crippen LogP contribution in [0.1, 0.15) is 0 Å². The summed E-state index contributed by atoms with van der Waals surface area (Å²) in [6, 6.07) is 0. The lowest BCUT2D eigenvalue weighted by molar-refractivity contribution is -0.477. The first-order valence-electron chi connectivity index (χ1n) is 6.37. The van der Waals surface area contributed by atoms with Crippen molar-refractivity contribution >= 4 is 5.97 Å². The van der Waals surface area contributed by atoms with E-state index in [-0.39, 0.29) is 0 Å². The maximum absolute atomic E-state index is 13.6. The van der Waals surface area contributed by atoms with Crippen molar-refractivity contribution in [1.29, 1.82) is 0 Å². The predicted octanol–water partition coefficient (Wildman–Crippen LogP) is 5.98. The second kappa shape index (κ2) is 7.24. The highest BCUT2D eigenvalue weighted by Crippen LogP contribution is 2.64. The second-order valence-corrected chi connectivity index (χ2v) is 5.26. The van der Waals surface area contributed by atoms with Gasteiger partial charge in [0, 0.05) is 0 Å². The monoisotopic (exact) mass is 508 g/mol. The second-order valence-electron chi connectivity index (χ2n) is 5.26. The largest absolute Gasteiger partial charge is 0.467 e. The van der Waals surface area contributed by atoms with Crippen molar-refractivity contribution in [3.63, 3.8) is 0 Å². The highest BCUT2D eigenvalue weighted by atomic mass is 19.4. The fraction of sp³-hybridized carbons (Fsp3) is 0.727. The molecule has 0 aliphatic rings. The number of rotatable bonds is 7. The smallest absolute Gasteiger partial charge is 0.409 e. The van der Waals surface area contributed by atoms with Crippen LogP contribution >= 0.6 is 0 Å². The van der Waals surface area contributed by atoms with Gasteiger partial charge < -0.3 is 4.74 Å². The molecular formula is C11H2F18O2. The molecule has 0 rings (SSSR count). The molecule has 0 amide bonds. The first-order valence-corrected chi connectivity index (χ1v) is 6.37. The molecule has 0 aromatic rings. The molecule has 0 saturated heterocycles. The molecule has 31 heavy (non-hydrogen) atoms. The molecule has 0 heterocycles. The van der Waals surface area contributed by atoms with Gasteiger partial charge in [0.2, 0.25) is 5.83 Å². The van der Waals surface area contributed by atoms with Crippen LogP contribution in [0.25, 0.3) is 0 Å². The lowest BCUT2D eigenvalue weighted by Crippen LogP contribution is -2.75. The van der Waals surface area contributed by atoms with Crippen molar-refractivity contribution in [2.24, 2.45) is 0 Å². The van der Waals surface area contributed by atoms with Gasteiger partial charge in [0.15, 0.2) is 0 Å². The molecule has 2 nitrogen and oxygen atoms in total. The number of halogens is 18. The van der Waals surface area contributed by atoms with Gasteiger partial charge in [0.1, 0.15) is 0 Å². The van der Waals surface area contributed by atoms with Crippen molar-refractivity contribution in [1.82, 2.24) is 0 Å². The molecule has 0 fully saturated rings. The Kier molecular flexibility index (Phi) is 6.76. The summed E-state index contributed by atoms with van der Waals surface area (Å²) >= 11 is 0. The van der Waals surface area contributed by atoms with Gasteiger partial charge in [-0.15, -0.1) is 0 Å². The van der Waals surface area contributed by atoms with E-state index >= 15 is 0 Å². The van der Waals surface area contributed by atoms with E-state index in [1.54, 1.807) is 6.58 Å². The van der Waals surface area contributed by atoms with Crippen LogP contribution in [0.5, 0.6) is 0 Å². The summed E-state index contributed by atoms with van der Waals surface area (Å²) in [7, 11) is 0. The van der Waals surface area contributed by atoms with E-state index in [1.165, 1.54) is 0 Å². The van der Waals surface area contributed by atoms with E-state index in [9.17, 15) is 83.8 Å². The third-order valence-electron chi connectivity index (χ3n) is 3.16. The number of carbonyl (C=O) groups excluding carboxylic acids is 1. The third kappa shape index (κ3) is 3.85. The molecule has 20 heteroatoms. The SMILES string of the molecule is C=C(F)C(=O)OC(F)(C(F)(F)F)C(F)(F)C(F)(F)C(F)(F)C(F)(F)C(F)(F)C(F)(F)F. The van der Waals surface area contributed by atoms with E-state index in [0.717, 1.165) is 0 Å². The van der Waals surface area contributed by atoms with Crippen LogP contribution in [-0.4, -0.2) is 53.8 Å². The van der Waals surface area contributed by atoms with Crippen LogP contribution in [0.15, 0.2) is 12.4 Å². The fourth-order valence-electron chi connectivity index (χ4n) is 1.45. The summed E-state index contributed by atoms with van der Waals surface area (Å²) in [5.41, 5.74) is 0. The van der Waals surface area contributed by atoms with Crippen LogP contribution in [0.3, 0.4) is 0 Å². The number of hydrogen-bond acceptors (Lipinski definition) is 2. The quantitative estimate of drug-likeness (QED) is 0.241. The predicted molar refractivity (Wildman–Crippen MR) is 57.0 cm³/mol. The Balaban J connectivity index is 6.97. The zero-order chi connectivity index (χ0) is 25.9.